The lowest BCUT2D eigenvalue weighted by atomic mass is 9.49. The molecular formula is C31H31N9O2. The van der Waals surface area contributed by atoms with Gasteiger partial charge in [-0.1, -0.05) is 0 Å². The van der Waals surface area contributed by atoms with E-state index in [-0.39, 0.29) is 0 Å². The van der Waals surface area contributed by atoms with E-state index in [0.29, 0.717) is 39.6 Å². The maximum Gasteiger partial charge on any atom is 0.342 e. The van der Waals surface area contributed by atoms with Crippen molar-refractivity contribution in [3.8, 4) is 22.5 Å². The molecule has 4 aliphatic carbocycles. The molecule has 0 spiro atoms. The second-order valence-electron chi connectivity index (χ2n) is 12.3. The second-order valence-corrected chi connectivity index (χ2v) is 12.3. The molecule has 0 unspecified atom stereocenters. The van der Waals surface area contributed by atoms with E-state index in [2.05, 4.69) is 41.6 Å². The zero-order valence-electron chi connectivity index (χ0n) is 23.3. The largest absolute Gasteiger partial charge is 0.465 e. The van der Waals surface area contributed by atoms with E-state index in [1.54, 1.807) is 24.5 Å². The highest BCUT2D eigenvalue weighted by Crippen LogP contribution is 2.60. The first-order valence-electron chi connectivity index (χ1n) is 14.6. The number of methoxy groups -OCH3 is 1. The van der Waals surface area contributed by atoms with Gasteiger partial charge >= 0.3 is 5.97 Å². The molecule has 4 bridgehead atoms. The topological polar surface area (TPSA) is 125 Å². The predicted octanol–water partition coefficient (Wildman–Crippen LogP) is 5.19. The fraction of sp³-hybridized carbons (Fsp3) is 0.387. The summed E-state index contributed by atoms with van der Waals surface area (Å²) in [6.07, 6.45) is 17.4. The Morgan fingerprint density at radius 1 is 1.00 bits per heavy atom. The van der Waals surface area contributed by atoms with Crippen LogP contribution in [0.2, 0.25) is 0 Å². The summed E-state index contributed by atoms with van der Waals surface area (Å²) in [6.45, 7) is 0.945. The van der Waals surface area contributed by atoms with Crippen molar-refractivity contribution in [1.82, 2.24) is 39.6 Å². The van der Waals surface area contributed by atoms with Crippen LogP contribution in [0.1, 0.15) is 48.9 Å². The van der Waals surface area contributed by atoms with E-state index in [9.17, 15) is 4.79 Å². The fourth-order valence-corrected chi connectivity index (χ4v) is 8.23. The van der Waals surface area contributed by atoms with Crippen LogP contribution in [-0.2, 0) is 11.3 Å². The molecule has 9 rings (SSSR count). The minimum Gasteiger partial charge on any atom is -0.465 e. The summed E-state index contributed by atoms with van der Waals surface area (Å²) < 4.78 is 9.16. The van der Waals surface area contributed by atoms with Crippen LogP contribution in [0.4, 0.5) is 11.6 Å². The number of pyridine rings is 1. The molecule has 0 aromatic carbocycles. The molecule has 11 nitrogen and oxygen atoms in total. The van der Waals surface area contributed by atoms with Crippen molar-refractivity contribution in [3.05, 3.63) is 66.9 Å². The third-order valence-corrected chi connectivity index (χ3v) is 9.43. The van der Waals surface area contributed by atoms with E-state index in [1.807, 2.05) is 35.0 Å². The van der Waals surface area contributed by atoms with Gasteiger partial charge in [0, 0.05) is 36.3 Å². The van der Waals surface area contributed by atoms with Crippen molar-refractivity contribution < 1.29 is 9.53 Å². The first-order chi connectivity index (χ1) is 20.6. The number of rotatable bonds is 7. The number of hydrogen-bond donors (Lipinski definition) is 1. The molecule has 0 radical (unpaired) electrons. The number of imidazole rings is 1. The predicted molar refractivity (Wildman–Crippen MR) is 155 cm³/mol. The van der Waals surface area contributed by atoms with Crippen LogP contribution in [-0.4, -0.2) is 52.6 Å². The molecule has 5 heterocycles. The Labute approximate surface area is 242 Å². The Kier molecular flexibility index (Phi) is 5.80. The number of nitrogens with one attached hydrogen (secondary N) is 1. The first kappa shape index (κ1) is 25.1. The maximum absolute atomic E-state index is 13.1. The molecule has 5 aromatic rings. The van der Waals surface area contributed by atoms with Gasteiger partial charge in [0.15, 0.2) is 17.3 Å². The van der Waals surface area contributed by atoms with E-state index >= 15 is 0 Å². The third kappa shape index (κ3) is 4.31. The minimum absolute atomic E-state index is 0.367. The highest BCUT2D eigenvalue weighted by molar-refractivity contribution is 6.03. The van der Waals surface area contributed by atoms with Gasteiger partial charge in [-0.2, -0.15) is 10.2 Å². The van der Waals surface area contributed by atoms with Crippen LogP contribution in [0.25, 0.3) is 28.2 Å². The van der Waals surface area contributed by atoms with E-state index < -0.39 is 5.97 Å². The number of ether oxygens (including phenoxy) is 1. The van der Waals surface area contributed by atoms with Gasteiger partial charge in [0.1, 0.15) is 11.3 Å². The van der Waals surface area contributed by atoms with E-state index in [4.69, 9.17) is 9.84 Å². The van der Waals surface area contributed by atoms with Gasteiger partial charge in [0.05, 0.1) is 25.2 Å². The van der Waals surface area contributed by atoms with Gasteiger partial charge in [-0.25, -0.2) is 9.78 Å². The molecule has 4 fully saturated rings. The maximum atomic E-state index is 13.1. The Hall–Kier alpha value is -4.67. The number of nitrogens with zero attached hydrogens (tertiary/aromatic N) is 8. The summed E-state index contributed by atoms with van der Waals surface area (Å²) in [5.74, 6) is 3.34. The average molecular weight is 562 g/mol. The number of hydrogen-bond acceptors (Lipinski definition) is 9. The summed E-state index contributed by atoms with van der Waals surface area (Å²) in [5.41, 5.74) is 4.20. The van der Waals surface area contributed by atoms with Crippen LogP contribution in [0.5, 0.6) is 0 Å². The summed E-state index contributed by atoms with van der Waals surface area (Å²) in [4.78, 5) is 17.8. The molecule has 4 saturated carbocycles. The smallest absolute Gasteiger partial charge is 0.342 e. The van der Waals surface area contributed by atoms with Gasteiger partial charge in [0.25, 0.3) is 0 Å². The van der Waals surface area contributed by atoms with Gasteiger partial charge in [-0.15, -0.1) is 15.3 Å². The summed E-state index contributed by atoms with van der Waals surface area (Å²) in [6, 6.07) is 9.16. The minimum atomic E-state index is -0.448. The molecule has 42 heavy (non-hydrogen) atoms. The monoisotopic (exact) mass is 561 g/mol. The number of esters is 1. The lowest BCUT2D eigenvalue weighted by molar-refractivity contribution is -0.0635. The number of carbonyl (C=O) groups is 1. The van der Waals surface area contributed by atoms with Crippen LogP contribution < -0.4 is 5.32 Å². The Bertz CT molecular complexity index is 1740. The average Bonchev–Trinajstić information content (AvgIpc) is 3.63. The van der Waals surface area contributed by atoms with Crippen LogP contribution >= 0.6 is 0 Å². The molecule has 0 atom stereocenters. The summed E-state index contributed by atoms with van der Waals surface area (Å²) in [7, 11) is 1.39. The lowest BCUT2D eigenvalue weighted by Gasteiger charge is -2.56. The fourth-order valence-electron chi connectivity index (χ4n) is 8.23. The van der Waals surface area contributed by atoms with Crippen LogP contribution in [0.3, 0.4) is 0 Å². The molecule has 212 valence electrons. The van der Waals surface area contributed by atoms with E-state index in [0.717, 1.165) is 35.4 Å². The van der Waals surface area contributed by atoms with Crippen LogP contribution in [0.15, 0.2) is 61.3 Å². The summed E-state index contributed by atoms with van der Waals surface area (Å²) in [5, 5.41) is 24.4. The molecule has 11 heteroatoms. The standard InChI is InChI=1S/C31H31N9O2/c1-42-30(41)28-23(22-15-34-39(17-22)18-31-12-19-9-20(13-31)11-21(10-19)14-31)6-8-40-25(16-32-29(28)40)24-4-5-27(38-36-24)35-26-3-2-7-33-37-26/h2-8,15-17,19-21H,9-14,18H2,1H3,(H,35,37,38). The van der Waals surface area contributed by atoms with E-state index in [1.165, 1.54) is 45.6 Å². The van der Waals surface area contributed by atoms with Crippen molar-refractivity contribution >= 4 is 23.3 Å². The van der Waals surface area contributed by atoms with Crippen molar-refractivity contribution in [3.63, 3.8) is 0 Å². The van der Waals surface area contributed by atoms with Crippen molar-refractivity contribution in [1.29, 1.82) is 0 Å². The molecule has 0 saturated heterocycles. The molecular weight excluding hydrogens is 530 g/mol. The first-order valence-corrected chi connectivity index (χ1v) is 14.6. The lowest BCUT2D eigenvalue weighted by Crippen LogP contribution is -2.47. The highest BCUT2D eigenvalue weighted by Gasteiger charge is 2.51. The highest BCUT2D eigenvalue weighted by atomic mass is 16.5. The molecule has 0 aliphatic heterocycles. The quantitative estimate of drug-likeness (QED) is 0.267. The van der Waals surface area contributed by atoms with Gasteiger partial charge < -0.3 is 10.1 Å². The molecule has 5 aromatic heterocycles. The van der Waals surface area contributed by atoms with Crippen molar-refractivity contribution in [2.24, 2.45) is 23.2 Å². The SMILES string of the molecule is COC(=O)c1c(-c2cnn(CC34CC5CC(CC(C5)C3)C4)c2)ccn2c(-c3ccc(Nc4cccnn4)nn3)cnc12. The zero-order valence-corrected chi connectivity index (χ0v) is 23.3. The summed E-state index contributed by atoms with van der Waals surface area (Å²) >= 11 is 0. The van der Waals surface area contributed by atoms with Gasteiger partial charge in [-0.05, 0) is 92.0 Å². The normalized spacial score (nSPS) is 24.3. The zero-order chi connectivity index (χ0) is 28.3. The number of anilines is 2. The molecule has 1 N–H and O–H groups in total. The number of aromatic nitrogens is 8. The van der Waals surface area contributed by atoms with Gasteiger partial charge in [-0.3, -0.25) is 9.08 Å². The second kappa shape index (κ2) is 9.71. The Morgan fingerprint density at radius 3 is 2.48 bits per heavy atom. The number of carbonyl (C=O) groups excluding carboxylic acids is 1. The van der Waals surface area contributed by atoms with Crippen molar-refractivity contribution in [2.45, 2.75) is 45.1 Å². The Morgan fingerprint density at radius 2 is 1.79 bits per heavy atom. The van der Waals surface area contributed by atoms with Crippen LogP contribution in [0, 0.1) is 23.2 Å². The Balaban J connectivity index is 1.10. The van der Waals surface area contributed by atoms with Gasteiger partial charge in [0.2, 0.25) is 0 Å². The molecule has 0 amide bonds. The molecule has 4 aliphatic rings. The number of fused-ring (bicyclic) bond motifs is 1. The third-order valence-electron chi connectivity index (χ3n) is 9.43. The van der Waals surface area contributed by atoms with Crippen molar-refractivity contribution in [2.75, 3.05) is 12.4 Å².